The first-order valence-electron chi connectivity index (χ1n) is 7.13. The number of rotatable bonds is 3. The molecule has 7 heteroatoms. The van der Waals surface area contributed by atoms with Crippen LogP contribution >= 0.6 is 0 Å². The van der Waals surface area contributed by atoms with Gasteiger partial charge in [0.05, 0.1) is 5.69 Å². The Bertz CT molecular complexity index is 585. The highest BCUT2D eigenvalue weighted by atomic mass is 15.4. The number of hydrogen-bond donors (Lipinski definition) is 2. The van der Waals surface area contributed by atoms with Crippen molar-refractivity contribution < 1.29 is 0 Å². The molecule has 0 saturated carbocycles. The Morgan fingerprint density at radius 1 is 1.45 bits per heavy atom. The molecule has 1 saturated heterocycles. The van der Waals surface area contributed by atoms with Crippen LogP contribution in [0.4, 0.5) is 5.95 Å². The van der Waals surface area contributed by atoms with Crippen LogP contribution in [0.25, 0.3) is 11.5 Å². The number of piperazine rings is 1. The summed E-state index contributed by atoms with van der Waals surface area (Å²) < 4.78 is 1.94. The third kappa shape index (κ3) is 2.40. The summed E-state index contributed by atoms with van der Waals surface area (Å²) in [4.78, 5) is 6.84. The number of hydrogen-bond acceptors (Lipinski definition) is 5. The maximum atomic E-state index is 4.63. The van der Waals surface area contributed by atoms with Gasteiger partial charge in [0.15, 0.2) is 5.82 Å². The van der Waals surface area contributed by atoms with Crippen molar-refractivity contribution in [2.24, 2.45) is 0 Å². The molecule has 3 rings (SSSR count). The summed E-state index contributed by atoms with van der Waals surface area (Å²) in [7, 11) is 0. The lowest BCUT2D eigenvalue weighted by atomic mass is 10.2. The molecule has 1 aliphatic rings. The molecule has 0 amide bonds. The summed E-state index contributed by atoms with van der Waals surface area (Å²) in [6.45, 7) is 9.91. The van der Waals surface area contributed by atoms with E-state index in [0.717, 1.165) is 49.3 Å². The molecule has 2 aromatic heterocycles. The number of aromatic amines is 1. The standard InChI is InChI=1S/C13H21N7/c1-4-20-11(7-9(2)18-20)12-15-13(17-16-12)19-6-5-14-10(3)8-19/h7,10,14H,4-6,8H2,1-3H3,(H,15,16,17)/t10-/m0/s1. The zero-order chi connectivity index (χ0) is 14.1. The molecular weight excluding hydrogens is 254 g/mol. The van der Waals surface area contributed by atoms with Crippen LogP contribution in [0.2, 0.25) is 0 Å². The molecule has 0 aliphatic carbocycles. The predicted octanol–water partition coefficient (Wildman–Crippen LogP) is 0.795. The normalized spacial score (nSPS) is 19.6. The molecule has 2 N–H and O–H groups in total. The zero-order valence-corrected chi connectivity index (χ0v) is 12.2. The number of nitrogens with one attached hydrogen (secondary N) is 2. The van der Waals surface area contributed by atoms with Crippen molar-refractivity contribution in [2.45, 2.75) is 33.4 Å². The lowest BCUT2D eigenvalue weighted by Gasteiger charge is -2.30. The highest BCUT2D eigenvalue weighted by Gasteiger charge is 2.20. The van der Waals surface area contributed by atoms with Gasteiger partial charge in [-0.05, 0) is 26.8 Å². The minimum Gasteiger partial charge on any atom is -0.337 e. The topological polar surface area (TPSA) is 74.7 Å². The molecule has 1 atom stereocenters. The van der Waals surface area contributed by atoms with Crippen LogP contribution < -0.4 is 10.2 Å². The molecule has 0 unspecified atom stereocenters. The summed E-state index contributed by atoms with van der Waals surface area (Å²) in [5.74, 6) is 1.56. The fourth-order valence-electron chi connectivity index (χ4n) is 2.60. The second-order valence-electron chi connectivity index (χ2n) is 5.27. The first-order chi connectivity index (χ1) is 9.67. The Hall–Kier alpha value is -1.89. The van der Waals surface area contributed by atoms with Crippen molar-refractivity contribution >= 4 is 5.95 Å². The van der Waals surface area contributed by atoms with Crippen LogP contribution in [0.5, 0.6) is 0 Å². The minimum absolute atomic E-state index is 0.467. The van der Waals surface area contributed by atoms with Crippen LogP contribution in [0.15, 0.2) is 6.07 Å². The third-order valence-corrected chi connectivity index (χ3v) is 3.57. The van der Waals surface area contributed by atoms with Crippen LogP contribution in [0, 0.1) is 6.92 Å². The number of H-pyrrole nitrogens is 1. The van der Waals surface area contributed by atoms with Crippen LogP contribution in [-0.4, -0.2) is 50.6 Å². The molecular formula is C13H21N7. The Kier molecular flexibility index (Phi) is 3.43. The van der Waals surface area contributed by atoms with E-state index in [1.54, 1.807) is 0 Å². The van der Waals surface area contributed by atoms with Crippen molar-refractivity contribution in [3.8, 4) is 11.5 Å². The van der Waals surface area contributed by atoms with Gasteiger partial charge >= 0.3 is 0 Å². The predicted molar refractivity (Wildman–Crippen MR) is 77.7 cm³/mol. The quantitative estimate of drug-likeness (QED) is 0.866. The second-order valence-corrected chi connectivity index (χ2v) is 5.27. The summed E-state index contributed by atoms with van der Waals surface area (Å²) in [5.41, 5.74) is 1.99. The maximum absolute atomic E-state index is 4.63. The van der Waals surface area contributed by atoms with Crippen molar-refractivity contribution in [3.63, 3.8) is 0 Å². The van der Waals surface area contributed by atoms with Crippen molar-refractivity contribution in [1.29, 1.82) is 0 Å². The number of nitrogens with zero attached hydrogens (tertiary/aromatic N) is 5. The summed E-state index contributed by atoms with van der Waals surface area (Å²) in [5, 5.41) is 15.3. The number of anilines is 1. The smallest absolute Gasteiger partial charge is 0.245 e. The van der Waals surface area contributed by atoms with Gasteiger partial charge in [-0.25, -0.2) is 0 Å². The lowest BCUT2D eigenvalue weighted by molar-refractivity contribution is 0.480. The summed E-state index contributed by atoms with van der Waals surface area (Å²) >= 11 is 0. The van der Waals surface area contributed by atoms with Gasteiger partial charge in [0.1, 0.15) is 5.69 Å². The molecule has 0 bridgehead atoms. The molecule has 0 spiro atoms. The summed E-state index contributed by atoms with van der Waals surface area (Å²) in [6.07, 6.45) is 0. The van der Waals surface area contributed by atoms with E-state index in [4.69, 9.17) is 0 Å². The highest BCUT2D eigenvalue weighted by Crippen LogP contribution is 2.19. The average molecular weight is 275 g/mol. The van der Waals surface area contributed by atoms with Gasteiger partial charge in [-0.1, -0.05) is 0 Å². The molecule has 7 nitrogen and oxygen atoms in total. The van der Waals surface area contributed by atoms with Crippen LogP contribution in [0.1, 0.15) is 19.5 Å². The molecule has 0 radical (unpaired) electrons. The molecule has 1 aliphatic heterocycles. The molecule has 0 aromatic carbocycles. The first-order valence-corrected chi connectivity index (χ1v) is 7.13. The lowest BCUT2D eigenvalue weighted by Crippen LogP contribution is -2.49. The van der Waals surface area contributed by atoms with Crippen molar-refractivity contribution in [2.75, 3.05) is 24.5 Å². The Morgan fingerprint density at radius 3 is 3.05 bits per heavy atom. The molecule has 108 valence electrons. The van der Waals surface area contributed by atoms with E-state index in [9.17, 15) is 0 Å². The van der Waals surface area contributed by atoms with Gasteiger partial charge in [-0.15, -0.1) is 5.10 Å². The van der Waals surface area contributed by atoms with Gasteiger partial charge < -0.3 is 10.2 Å². The average Bonchev–Trinajstić information content (AvgIpc) is 3.04. The van der Waals surface area contributed by atoms with E-state index in [0.29, 0.717) is 6.04 Å². The second kappa shape index (κ2) is 5.24. The minimum atomic E-state index is 0.467. The van der Waals surface area contributed by atoms with E-state index >= 15 is 0 Å². The Morgan fingerprint density at radius 2 is 2.30 bits per heavy atom. The van der Waals surface area contributed by atoms with Crippen LogP contribution in [-0.2, 0) is 6.54 Å². The Balaban J connectivity index is 1.86. The van der Waals surface area contributed by atoms with Crippen molar-refractivity contribution in [3.05, 3.63) is 11.8 Å². The zero-order valence-electron chi connectivity index (χ0n) is 12.2. The van der Waals surface area contributed by atoms with Gasteiger partial charge in [-0.2, -0.15) is 10.1 Å². The molecule has 1 fully saturated rings. The van der Waals surface area contributed by atoms with Gasteiger partial charge in [0, 0.05) is 32.2 Å². The van der Waals surface area contributed by atoms with Crippen molar-refractivity contribution in [1.82, 2.24) is 30.3 Å². The SMILES string of the molecule is CCn1nc(C)cc1-c1nc(N2CCN[C@@H](C)C2)n[nH]1. The van der Waals surface area contributed by atoms with Gasteiger partial charge in [0.2, 0.25) is 5.95 Å². The fourth-order valence-corrected chi connectivity index (χ4v) is 2.60. The monoisotopic (exact) mass is 275 g/mol. The van der Waals surface area contributed by atoms with Crippen LogP contribution in [0.3, 0.4) is 0 Å². The van der Waals surface area contributed by atoms with E-state index in [1.807, 2.05) is 17.7 Å². The molecule has 20 heavy (non-hydrogen) atoms. The molecule has 2 aromatic rings. The van der Waals surface area contributed by atoms with E-state index < -0.39 is 0 Å². The van der Waals surface area contributed by atoms with E-state index in [-0.39, 0.29) is 0 Å². The Labute approximate surface area is 118 Å². The maximum Gasteiger partial charge on any atom is 0.245 e. The summed E-state index contributed by atoms with van der Waals surface area (Å²) in [6, 6.07) is 2.50. The number of aromatic nitrogens is 5. The van der Waals surface area contributed by atoms with E-state index in [2.05, 4.69) is 44.3 Å². The highest BCUT2D eigenvalue weighted by molar-refractivity contribution is 5.52. The van der Waals surface area contributed by atoms with Gasteiger partial charge in [-0.3, -0.25) is 9.78 Å². The van der Waals surface area contributed by atoms with E-state index in [1.165, 1.54) is 0 Å². The fraction of sp³-hybridized carbons (Fsp3) is 0.615. The largest absolute Gasteiger partial charge is 0.337 e. The number of aryl methyl sites for hydroxylation is 2. The van der Waals surface area contributed by atoms with Gasteiger partial charge in [0.25, 0.3) is 0 Å². The third-order valence-electron chi connectivity index (χ3n) is 3.57. The first kappa shape index (κ1) is 13.1. The molecule has 3 heterocycles.